The minimum absolute atomic E-state index is 0.366. The Morgan fingerprint density at radius 3 is 1.76 bits per heavy atom. The molecular weight excluding hydrogens is 304 g/mol. The van der Waals surface area contributed by atoms with E-state index in [0.717, 1.165) is 13.0 Å². The summed E-state index contributed by atoms with van der Waals surface area (Å²) in [5, 5.41) is 0. The van der Waals surface area contributed by atoms with E-state index < -0.39 is 0 Å². The highest BCUT2D eigenvalue weighted by atomic mass is 15.3. The van der Waals surface area contributed by atoms with Crippen molar-refractivity contribution in [3.05, 3.63) is 35.4 Å². The summed E-state index contributed by atoms with van der Waals surface area (Å²) in [6.45, 7) is 21.2. The normalized spacial score (nSPS) is 17.8. The Morgan fingerprint density at radius 1 is 0.720 bits per heavy atom. The first-order chi connectivity index (χ1) is 11.6. The summed E-state index contributed by atoms with van der Waals surface area (Å²) in [6, 6.07) is 9.31. The summed E-state index contributed by atoms with van der Waals surface area (Å²) in [7, 11) is 0. The Hall–Kier alpha value is -0.860. The van der Waals surface area contributed by atoms with Crippen LogP contribution in [0, 0.1) is 10.8 Å². The van der Waals surface area contributed by atoms with Crippen LogP contribution in [0.15, 0.2) is 24.3 Å². The molecular formula is C23H40N2. The van der Waals surface area contributed by atoms with Crippen LogP contribution in [0.2, 0.25) is 0 Å². The number of hydrogen-bond donors (Lipinski definition) is 0. The molecule has 0 saturated carbocycles. The van der Waals surface area contributed by atoms with Crippen molar-refractivity contribution in [1.82, 2.24) is 9.80 Å². The zero-order chi connectivity index (χ0) is 18.5. The lowest BCUT2D eigenvalue weighted by Gasteiger charge is -2.35. The van der Waals surface area contributed by atoms with E-state index in [1.165, 1.54) is 56.7 Å². The lowest BCUT2D eigenvalue weighted by Crippen LogP contribution is -2.46. The van der Waals surface area contributed by atoms with Crippen LogP contribution >= 0.6 is 0 Å². The van der Waals surface area contributed by atoms with Gasteiger partial charge in [-0.05, 0) is 47.8 Å². The van der Waals surface area contributed by atoms with E-state index >= 15 is 0 Å². The Bertz CT molecular complexity index is 496. The molecule has 0 aromatic heterocycles. The summed E-state index contributed by atoms with van der Waals surface area (Å²) in [5.74, 6) is 0. The molecule has 1 aliphatic heterocycles. The molecule has 0 amide bonds. The second kappa shape index (κ2) is 8.68. The second-order valence-electron chi connectivity index (χ2n) is 10.3. The fraction of sp³-hybridized carbons (Fsp3) is 0.739. The van der Waals surface area contributed by atoms with Crippen LogP contribution in [0.1, 0.15) is 65.5 Å². The molecule has 0 bridgehead atoms. The van der Waals surface area contributed by atoms with Gasteiger partial charge >= 0.3 is 0 Å². The molecule has 0 N–H and O–H groups in total. The Kier molecular flexibility index (Phi) is 7.10. The Balaban J connectivity index is 1.71. The van der Waals surface area contributed by atoms with Crippen LogP contribution in [-0.2, 0) is 13.0 Å². The summed E-state index contributed by atoms with van der Waals surface area (Å²) in [6.07, 6.45) is 3.81. The van der Waals surface area contributed by atoms with Crippen LogP contribution in [0.5, 0.6) is 0 Å². The number of rotatable bonds is 6. The highest BCUT2D eigenvalue weighted by molar-refractivity contribution is 5.23. The van der Waals surface area contributed by atoms with E-state index in [9.17, 15) is 0 Å². The average molecular weight is 345 g/mol. The fourth-order valence-electron chi connectivity index (χ4n) is 3.64. The minimum atomic E-state index is 0.366. The van der Waals surface area contributed by atoms with Crippen molar-refractivity contribution in [3.8, 4) is 0 Å². The maximum atomic E-state index is 2.65. The first kappa shape index (κ1) is 20.5. The summed E-state index contributed by atoms with van der Waals surface area (Å²) >= 11 is 0. The van der Waals surface area contributed by atoms with Crippen molar-refractivity contribution in [2.24, 2.45) is 10.8 Å². The lowest BCUT2D eigenvalue weighted by molar-refractivity contribution is 0.122. The predicted molar refractivity (Wildman–Crippen MR) is 110 cm³/mol. The minimum Gasteiger partial charge on any atom is -0.301 e. The van der Waals surface area contributed by atoms with Crippen LogP contribution in [0.3, 0.4) is 0 Å². The maximum Gasteiger partial charge on any atom is 0.0234 e. The molecule has 2 heteroatoms. The summed E-state index contributed by atoms with van der Waals surface area (Å²) < 4.78 is 0. The van der Waals surface area contributed by atoms with Gasteiger partial charge in [-0.1, -0.05) is 65.8 Å². The van der Waals surface area contributed by atoms with E-state index in [2.05, 4.69) is 75.6 Å². The molecule has 1 fully saturated rings. The van der Waals surface area contributed by atoms with Crippen molar-refractivity contribution in [3.63, 3.8) is 0 Å². The second-order valence-corrected chi connectivity index (χ2v) is 10.3. The zero-order valence-electron chi connectivity index (χ0n) is 17.6. The van der Waals surface area contributed by atoms with Crippen molar-refractivity contribution in [1.29, 1.82) is 0 Å². The molecule has 25 heavy (non-hydrogen) atoms. The van der Waals surface area contributed by atoms with Crippen LogP contribution in [0.25, 0.3) is 0 Å². The van der Waals surface area contributed by atoms with Gasteiger partial charge in [-0.25, -0.2) is 0 Å². The highest BCUT2D eigenvalue weighted by Gasteiger charge is 2.18. The van der Waals surface area contributed by atoms with Gasteiger partial charge < -0.3 is 4.90 Å². The number of nitrogens with zero attached hydrogens (tertiary/aromatic N) is 2. The number of hydrogen-bond acceptors (Lipinski definition) is 2. The average Bonchev–Trinajstić information content (AvgIpc) is 2.48. The molecule has 1 aromatic carbocycles. The molecule has 142 valence electrons. The monoisotopic (exact) mass is 344 g/mol. The van der Waals surface area contributed by atoms with Crippen LogP contribution < -0.4 is 0 Å². The third kappa shape index (κ3) is 8.37. The first-order valence-electron chi connectivity index (χ1n) is 10.1. The maximum absolute atomic E-state index is 2.65. The molecule has 0 unspecified atom stereocenters. The topological polar surface area (TPSA) is 6.48 Å². The van der Waals surface area contributed by atoms with Crippen LogP contribution in [0.4, 0.5) is 0 Å². The summed E-state index contributed by atoms with van der Waals surface area (Å²) in [4.78, 5) is 5.26. The largest absolute Gasteiger partial charge is 0.301 e. The molecule has 2 nitrogen and oxygen atoms in total. The van der Waals surface area contributed by atoms with Gasteiger partial charge in [0.2, 0.25) is 0 Å². The zero-order valence-corrected chi connectivity index (χ0v) is 17.6. The molecule has 0 spiro atoms. The molecule has 1 aliphatic rings. The van der Waals surface area contributed by atoms with Crippen LogP contribution in [-0.4, -0.2) is 42.5 Å². The number of piperazine rings is 1. The highest BCUT2D eigenvalue weighted by Crippen LogP contribution is 2.22. The van der Waals surface area contributed by atoms with Crippen molar-refractivity contribution in [2.45, 2.75) is 67.3 Å². The number of benzene rings is 1. The molecule has 0 aliphatic carbocycles. The van der Waals surface area contributed by atoms with Gasteiger partial charge in [0.05, 0.1) is 0 Å². The van der Waals surface area contributed by atoms with E-state index in [0.29, 0.717) is 10.8 Å². The third-order valence-electron chi connectivity index (χ3n) is 5.03. The van der Waals surface area contributed by atoms with E-state index in [1.54, 1.807) is 0 Å². The molecule has 0 atom stereocenters. The molecule has 1 saturated heterocycles. The van der Waals surface area contributed by atoms with Crippen molar-refractivity contribution in [2.75, 3.05) is 32.7 Å². The predicted octanol–water partition coefficient (Wildman–Crippen LogP) is 5.22. The molecule has 0 radical (unpaired) electrons. The van der Waals surface area contributed by atoms with Gasteiger partial charge in [0.25, 0.3) is 0 Å². The van der Waals surface area contributed by atoms with Gasteiger partial charge in [0.15, 0.2) is 0 Å². The van der Waals surface area contributed by atoms with E-state index in [4.69, 9.17) is 0 Å². The van der Waals surface area contributed by atoms with Crippen molar-refractivity contribution < 1.29 is 0 Å². The van der Waals surface area contributed by atoms with Gasteiger partial charge in [-0.3, -0.25) is 4.90 Å². The van der Waals surface area contributed by atoms with Gasteiger partial charge in [-0.2, -0.15) is 0 Å². The standard InChI is InChI=1S/C23H40N2/c1-22(2,3)12-7-13-24-14-16-25(17-15-24)19-21-10-8-20(9-11-21)18-23(4,5)6/h8-11H,7,12-19H2,1-6H3. The first-order valence-corrected chi connectivity index (χ1v) is 10.1. The third-order valence-corrected chi connectivity index (χ3v) is 5.03. The van der Waals surface area contributed by atoms with Gasteiger partial charge in [0.1, 0.15) is 0 Å². The van der Waals surface area contributed by atoms with Gasteiger partial charge in [-0.15, -0.1) is 0 Å². The van der Waals surface area contributed by atoms with Crippen molar-refractivity contribution >= 4 is 0 Å². The fourth-order valence-corrected chi connectivity index (χ4v) is 3.64. The molecule has 2 rings (SSSR count). The SMILES string of the molecule is CC(C)(C)CCCN1CCN(Cc2ccc(CC(C)(C)C)cc2)CC1. The smallest absolute Gasteiger partial charge is 0.0234 e. The summed E-state index contributed by atoms with van der Waals surface area (Å²) in [5.41, 5.74) is 3.75. The van der Waals surface area contributed by atoms with E-state index in [1.807, 2.05) is 0 Å². The Labute approximate surface area is 156 Å². The van der Waals surface area contributed by atoms with Gasteiger partial charge in [0, 0.05) is 32.7 Å². The Morgan fingerprint density at radius 2 is 1.24 bits per heavy atom. The molecule has 1 aromatic rings. The molecule has 1 heterocycles. The quantitative estimate of drug-likeness (QED) is 0.698. The van der Waals surface area contributed by atoms with E-state index in [-0.39, 0.29) is 0 Å². The lowest BCUT2D eigenvalue weighted by atomic mass is 9.88.